The van der Waals surface area contributed by atoms with E-state index >= 15 is 0 Å². The minimum atomic E-state index is -0.944. The van der Waals surface area contributed by atoms with Crippen LogP contribution < -0.4 is 4.74 Å². The largest absolute Gasteiger partial charge is 0.491 e. The number of halogens is 2. The number of hydrogen-bond acceptors (Lipinski definition) is 1. The zero-order valence-corrected chi connectivity index (χ0v) is 16.5. The highest BCUT2D eigenvalue weighted by Crippen LogP contribution is 2.36. The van der Waals surface area contributed by atoms with Gasteiger partial charge in [-0.3, -0.25) is 0 Å². The normalized spacial score (nSPS) is 10.9. The first-order valence-electron chi connectivity index (χ1n) is 9.95. The summed E-state index contributed by atoms with van der Waals surface area (Å²) in [6.45, 7) is 4.23. The Morgan fingerprint density at radius 3 is 2.11 bits per heavy atom. The second-order valence-corrected chi connectivity index (χ2v) is 6.87. The highest BCUT2D eigenvalue weighted by atomic mass is 19.2. The Kier molecular flexibility index (Phi) is 6.80. The lowest BCUT2D eigenvalue weighted by molar-refractivity contribution is 0.314. The Hall–Kier alpha value is -2.68. The zero-order valence-electron chi connectivity index (χ0n) is 16.5. The molecule has 0 aliphatic heterocycles. The Bertz CT molecular complexity index is 916. The molecule has 3 aromatic carbocycles. The van der Waals surface area contributed by atoms with Gasteiger partial charge in [-0.25, -0.2) is 4.39 Å². The van der Waals surface area contributed by atoms with Gasteiger partial charge in [-0.05, 0) is 54.2 Å². The van der Waals surface area contributed by atoms with Crippen LogP contribution >= 0.6 is 0 Å². The van der Waals surface area contributed by atoms with Gasteiger partial charge >= 0.3 is 0 Å². The fourth-order valence-electron chi connectivity index (χ4n) is 3.41. The molecule has 0 saturated heterocycles. The van der Waals surface area contributed by atoms with E-state index in [2.05, 4.69) is 31.2 Å². The van der Waals surface area contributed by atoms with Gasteiger partial charge in [-0.2, -0.15) is 4.39 Å². The summed E-state index contributed by atoms with van der Waals surface area (Å²) < 4.78 is 34.3. The van der Waals surface area contributed by atoms with E-state index in [1.165, 1.54) is 30.9 Å². The van der Waals surface area contributed by atoms with Gasteiger partial charge in [0.2, 0.25) is 5.82 Å². The summed E-state index contributed by atoms with van der Waals surface area (Å²) in [5.74, 6) is -1.88. The number of aryl methyl sites for hydroxylation is 1. The molecule has 1 nitrogen and oxygen atoms in total. The SMILES string of the molecule is CCCCCc1ccc(-c2ccccc2-c2ccc(OCC)c(F)c2F)cc1. The van der Waals surface area contributed by atoms with Crippen LogP contribution in [0.3, 0.4) is 0 Å². The summed E-state index contributed by atoms with van der Waals surface area (Å²) in [4.78, 5) is 0. The van der Waals surface area contributed by atoms with Crippen LogP contribution in [0.15, 0.2) is 60.7 Å². The van der Waals surface area contributed by atoms with E-state index in [1.807, 2.05) is 24.3 Å². The molecular formula is C25H26F2O. The smallest absolute Gasteiger partial charge is 0.201 e. The summed E-state index contributed by atoms with van der Waals surface area (Å²) in [5, 5.41) is 0. The Morgan fingerprint density at radius 1 is 0.714 bits per heavy atom. The van der Waals surface area contributed by atoms with Crippen molar-refractivity contribution in [3.63, 3.8) is 0 Å². The molecule has 3 rings (SSSR count). The van der Waals surface area contributed by atoms with Crippen LogP contribution in [0.25, 0.3) is 22.3 Å². The third-order valence-corrected chi connectivity index (χ3v) is 4.90. The monoisotopic (exact) mass is 380 g/mol. The molecule has 0 N–H and O–H groups in total. The molecule has 0 fully saturated rings. The van der Waals surface area contributed by atoms with Gasteiger partial charge in [-0.1, -0.05) is 68.3 Å². The fourth-order valence-corrected chi connectivity index (χ4v) is 3.41. The van der Waals surface area contributed by atoms with Crippen molar-refractivity contribution in [2.45, 2.75) is 39.5 Å². The molecule has 0 atom stereocenters. The van der Waals surface area contributed by atoms with E-state index in [-0.39, 0.29) is 17.9 Å². The lowest BCUT2D eigenvalue weighted by atomic mass is 9.93. The fraction of sp³-hybridized carbons (Fsp3) is 0.280. The maximum atomic E-state index is 14.7. The van der Waals surface area contributed by atoms with Crippen LogP contribution in [0.4, 0.5) is 8.78 Å². The van der Waals surface area contributed by atoms with Crippen molar-refractivity contribution in [1.82, 2.24) is 0 Å². The zero-order chi connectivity index (χ0) is 19.9. The third-order valence-electron chi connectivity index (χ3n) is 4.90. The Balaban J connectivity index is 1.95. The van der Waals surface area contributed by atoms with E-state index in [1.54, 1.807) is 13.0 Å². The van der Waals surface area contributed by atoms with Gasteiger partial charge in [0.25, 0.3) is 0 Å². The molecule has 28 heavy (non-hydrogen) atoms. The maximum Gasteiger partial charge on any atom is 0.201 e. The summed E-state index contributed by atoms with van der Waals surface area (Å²) in [6, 6.07) is 19.0. The molecule has 3 aromatic rings. The first kappa shape index (κ1) is 20.1. The lowest BCUT2D eigenvalue weighted by Gasteiger charge is -2.13. The molecule has 3 heteroatoms. The van der Waals surface area contributed by atoms with Crippen molar-refractivity contribution in [1.29, 1.82) is 0 Å². The number of ether oxygens (including phenoxy) is 1. The van der Waals surface area contributed by atoms with E-state index < -0.39 is 11.6 Å². The second kappa shape index (κ2) is 9.50. The molecule has 146 valence electrons. The predicted molar refractivity (Wildman–Crippen MR) is 112 cm³/mol. The molecule has 0 radical (unpaired) electrons. The Morgan fingerprint density at radius 2 is 1.43 bits per heavy atom. The van der Waals surface area contributed by atoms with Gasteiger partial charge in [0, 0.05) is 5.56 Å². The molecule has 0 saturated carbocycles. The standard InChI is InChI=1S/C25H26F2O/c1-3-5-6-9-18-12-14-19(15-13-18)20-10-7-8-11-21(20)22-16-17-23(28-4-2)25(27)24(22)26/h7-8,10-17H,3-6,9H2,1-2H3. The van der Waals surface area contributed by atoms with Crippen LogP contribution in [-0.4, -0.2) is 6.61 Å². The van der Waals surface area contributed by atoms with Crippen molar-refractivity contribution in [2.75, 3.05) is 6.61 Å². The minimum Gasteiger partial charge on any atom is -0.491 e. The predicted octanol–water partition coefficient (Wildman–Crippen LogP) is 7.43. The van der Waals surface area contributed by atoms with E-state index in [9.17, 15) is 8.78 Å². The average molecular weight is 380 g/mol. The lowest BCUT2D eigenvalue weighted by Crippen LogP contribution is -1.99. The average Bonchev–Trinajstić information content (AvgIpc) is 2.73. The maximum absolute atomic E-state index is 14.7. The van der Waals surface area contributed by atoms with Crippen molar-refractivity contribution in [3.8, 4) is 28.0 Å². The third kappa shape index (κ3) is 4.41. The second-order valence-electron chi connectivity index (χ2n) is 6.87. The van der Waals surface area contributed by atoms with Crippen LogP contribution in [0.2, 0.25) is 0 Å². The van der Waals surface area contributed by atoms with Crippen LogP contribution in [-0.2, 0) is 6.42 Å². The van der Waals surface area contributed by atoms with Gasteiger partial charge in [0.05, 0.1) is 6.61 Å². The van der Waals surface area contributed by atoms with Crippen molar-refractivity contribution < 1.29 is 13.5 Å². The van der Waals surface area contributed by atoms with Crippen molar-refractivity contribution in [3.05, 3.63) is 77.9 Å². The van der Waals surface area contributed by atoms with Gasteiger partial charge < -0.3 is 4.74 Å². The van der Waals surface area contributed by atoms with Gasteiger partial charge in [0.1, 0.15) is 0 Å². The summed E-state index contributed by atoms with van der Waals surface area (Å²) in [7, 11) is 0. The minimum absolute atomic E-state index is 0.0577. The molecule has 0 heterocycles. The number of benzene rings is 3. The molecule has 0 aliphatic rings. The van der Waals surface area contributed by atoms with Gasteiger partial charge in [0.15, 0.2) is 11.6 Å². The van der Waals surface area contributed by atoms with Crippen molar-refractivity contribution >= 4 is 0 Å². The van der Waals surface area contributed by atoms with Crippen LogP contribution in [0, 0.1) is 11.6 Å². The molecule has 0 aromatic heterocycles. The highest BCUT2D eigenvalue weighted by Gasteiger charge is 2.18. The topological polar surface area (TPSA) is 9.23 Å². The van der Waals surface area contributed by atoms with Crippen molar-refractivity contribution in [2.24, 2.45) is 0 Å². The number of hydrogen-bond donors (Lipinski definition) is 0. The highest BCUT2D eigenvalue weighted by molar-refractivity contribution is 5.84. The van der Waals surface area contributed by atoms with Crippen LogP contribution in [0.1, 0.15) is 38.7 Å². The quantitative estimate of drug-likeness (QED) is 0.369. The molecule has 0 spiro atoms. The summed E-state index contributed by atoms with van der Waals surface area (Å²) in [6.07, 6.45) is 4.68. The first-order valence-corrected chi connectivity index (χ1v) is 9.95. The Labute approximate surface area is 166 Å². The van der Waals surface area contributed by atoms with E-state index in [0.29, 0.717) is 5.56 Å². The molecule has 0 unspecified atom stereocenters. The van der Waals surface area contributed by atoms with E-state index in [0.717, 1.165) is 17.5 Å². The molecule has 0 bridgehead atoms. The van der Waals surface area contributed by atoms with Crippen LogP contribution in [0.5, 0.6) is 5.75 Å². The summed E-state index contributed by atoms with van der Waals surface area (Å²) >= 11 is 0. The molecular weight excluding hydrogens is 354 g/mol. The first-order chi connectivity index (χ1) is 13.7. The number of unbranched alkanes of at least 4 members (excludes halogenated alkanes) is 2. The summed E-state index contributed by atoms with van der Waals surface area (Å²) in [5.41, 5.74) is 4.07. The molecule has 0 aliphatic carbocycles. The van der Waals surface area contributed by atoms with E-state index in [4.69, 9.17) is 4.74 Å². The molecule has 0 amide bonds. The van der Waals surface area contributed by atoms with Gasteiger partial charge in [-0.15, -0.1) is 0 Å². The number of rotatable bonds is 8.